The lowest BCUT2D eigenvalue weighted by molar-refractivity contribution is 0.766. The monoisotopic (exact) mass is 261 g/mol. The van der Waals surface area contributed by atoms with E-state index in [4.69, 9.17) is 11.0 Å². The molecule has 0 aliphatic heterocycles. The molecule has 0 atom stereocenters. The molecular formula is C11H11N5OS. The number of nitrogens with zero attached hydrogens (tertiary/aromatic N) is 3. The van der Waals surface area contributed by atoms with Crippen molar-refractivity contribution in [1.29, 1.82) is 5.26 Å². The van der Waals surface area contributed by atoms with Crippen molar-refractivity contribution in [2.75, 3.05) is 0 Å². The van der Waals surface area contributed by atoms with Crippen LogP contribution in [0.25, 0.3) is 0 Å². The number of rotatable bonds is 3. The standard InChI is InChI=1S/C11H11N5OS/c1-16-10(17)14-15-11(16)18-9-3-2-7(5-12)4-8(9)6-13/h2-4H,5,12H2,1H3,(H,14,17). The number of H-pyrrole nitrogens is 1. The van der Waals surface area contributed by atoms with E-state index in [9.17, 15) is 4.79 Å². The van der Waals surface area contributed by atoms with Crippen LogP contribution in [0.5, 0.6) is 0 Å². The largest absolute Gasteiger partial charge is 0.343 e. The first kappa shape index (κ1) is 12.4. The van der Waals surface area contributed by atoms with Crippen LogP contribution >= 0.6 is 11.8 Å². The first-order chi connectivity index (χ1) is 8.65. The lowest BCUT2D eigenvalue weighted by Gasteiger charge is -2.04. The molecule has 0 aliphatic carbocycles. The fourth-order valence-corrected chi connectivity index (χ4v) is 2.26. The Kier molecular flexibility index (Phi) is 3.50. The molecule has 0 saturated carbocycles. The third-order valence-corrected chi connectivity index (χ3v) is 3.56. The number of aromatic amines is 1. The molecule has 2 aromatic rings. The van der Waals surface area contributed by atoms with Crippen LogP contribution in [0.4, 0.5) is 0 Å². The van der Waals surface area contributed by atoms with Crippen LogP contribution in [0.3, 0.4) is 0 Å². The Morgan fingerprint density at radius 3 is 2.94 bits per heavy atom. The zero-order valence-electron chi connectivity index (χ0n) is 9.67. The highest BCUT2D eigenvalue weighted by Gasteiger charge is 2.10. The van der Waals surface area contributed by atoms with Gasteiger partial charge in [-0.1, -0.05) is 6.07 Å². The zero-order valence-corrected chi connectivity index (χ0v) is 10.5. The lowest BCUT2D eigenvalue weighted by Crippen LogP contribution is -2.12. The van der Waals surface area contributed by atoms with Crippen LogP contribution < -0.4 is 11.4 Å². The van der Waals surface area contributed by atoms with Crippen LogP contribution in [-0.2, 0) is 13.6 Å². The van der Waals surface area contributed by atoms with Gasteiger partial charge >= 0.3 is 5.69 Å². The van der Waals surface area contributed by atoms with Crippen molar-refractivity contribution in [3.05, 3.63) is 39.8 Å². The van der Waals surface area contributed by atoms with Gasteiger partial charge in [0.15, 0.2) is 5.16 Å². The molecule has 0 bridgehead atoms. The van der Waals surface area contributed by atoms with E-state index in [1.165, 1.54) is 16.3 Å². The number of hydrogen-bond acceptors (Lipinski definition) is 5. The van der Waals surface area contributed by atoms with Crippen LogP contribution in [0, 0.1) is 11.3 Å². The molecule has 1 aromatic carbocycles. The molecule has 1 aromatic heterocycles. The topological polar surface area (TPSA) is 100 Å². The van der Waals surface area contributed by atoms with E-state index in [-0.39, 0.29) is 5.69 Å². The molecule has 18 heavy (non-hydrogen) atoms. The second-order valence-electron chi connectivity index (χ2n) is 3.62. The van der Waals surface area contributed by atoms with Crippen LogP contribution in [-0.4, -0.2) is 14.8 Å². The van der Waals surface area contributed by atoms with Gasteiger partial charge in [-0.05, 0) is 29.5 Å². The fraction of sp³-hybridized carbons (Fsp3) is 0.182. The van der Waals surface area contributed by atoms with Crippen molar-refractivity contribution in [3.8, 4) is 6.07 Å². The maximum Gasteiger partial charge on any atom is 0.343 e. The Morgan fingerprint density at radius 1 is 1.61 bits per heavy atom. The van der Waals surface area contributed by atoms with Gasteiger partial charge in [0.25, 0.3) is 0 Å². The summed E-state index contributed by atoms with van der Waals surface area (Å²) in [6, 6.07) is 7.52. The van der Waals surface area contributed by atoms with Crippen LogP contribution in [0.2, 0.25) is 0 Å². The maximum atomic E-state index is 11.2. The van der Waals surface area contributed by atoms with Crippen molar-refractivity contribution in [2.45, 2.75) is 16.6 Å². The third-order valence-electron chi connectivity index (χ3n) is 2.44. The van der Waals surface area contributed by atoms with Gasteiger partial charge in [0.2, 0.25) is 0 Å². The highest BCUT2D eigenvalue weighted by molar-refractivity contribution is 7.99. The van der Waals surface area contributed by atoms with Crippen LogP contribution in [0.15, 0.2) is 33.0 Å². The van der Waals surface area contributed by atoms with Crippen molar-refractivity contribution in [2.24, 2.45) is 12.8 Å². The Hall–Kier alpha value is -2.04. The van der Waals surface area contributed by atoms with Gasteiger partial charge in [-0.3, -0.25) is 4.57 Å². The average molecular weight is 261 g/mol. The van der Waals surface area contributed by atoms with E-state index in [2.05, 4.69) is 16.3 Å². The SMILES string of the molecule is Cn1c(Sc2ccc(CN)cc2C#N)n[nH]c1=O. The van der Waals surface area contributed by atoms with Crippen molar-refractivity contribution < 1.29 is 0 Å². The lowest BCUT2D eigenvalue weighted by atomic mass is 10.1. The minimum atomic E-state index is -0.283. The number of nitrogens with two attached hydrogens (primary N) is 1. The molecule has 0 radical (unpaired) electrons. The summed E-state index contributed by atoms with van der Waals surface area (Å²) in [6.07, 6.45) is 0. The molecule has 2 rings (SSSR count). The molecule has 1 heterocycles. The molecule has 0 aliphatic rings. The molecule has 0 spiro atoms. The summed E-state index contributed by atoms with van der Waals surface area (Å²) >= 11 is 1.26. The number of nitrogens with one attached hydrogen (secondary N) is 1. The van der Waals surface area contributed by atoms with E-state index < -0.39 is 0 Å². The Morgan fingerprint density at radius 2 is 2.39 bits per heavy atom. The van der Waals surface area contributed by atoms with Gasteiger partial charge < -0.3 is 5.73 Å². The molecule has 3 N–H and O–H groups in total. The number of hydrogen-bond donors (Lipinski definition) is 2. The molecular weight excluding hydrogens is 250 g/mol. The second kappa shape index (κ2) is 5.08. The number of benzene rings is 1. The first-order valence-electron chi connectivity index (χ1n) is 5.18. The molecule has 7 heteroatoms. The fourth-order valence-electron chi connectivity index (χ4n) is 1.40. The van der Waals surface area contributed by atoms with Gasteiger partial charge in [-0.25, -0.2) is 9.89 Å². The van der Waals surface area contributed by atoms with Gasteiger partial charge in [-0.15, -0.1) is 5.10 Å². The molecule has 0 amide bonds. The Bertz CT molecular complexity index is 667. The number of nitriles is 1. The zero-order chi connectivity index (χ0) is 13.1. The van der Waals surface area contributed by atoms with Crippen molar-refractivity contribution >= 4 is 11.8 Å². The minimum absolute atomic E-state index is 0.283. The Balaban J connectivity index is 2.38. The maximum absolute atomic E-state index is 11.2. The smallest absolute Gasteiger partial charge is 0.326 e. The average Bonchev–Trinajstić information content (AvgIpc) is 2.71. The van der Waals surface area contributed by atoms with Gasteiger partial charge in [0, 0.05) is 18.5 Å². The normalized spacial score (nSPS) is 10.3. The van der Waals surface area contributed by atoms with E-state index in [1.807, 2.05) is 12.1 Å². The van der Waals surface area contributed by atoms with Crippen molar-refractivity contribution in [1.82, 2.24) is 14.8 Å². The molecule has 0 unspecified atom stereocenters. The third kappa shape index (κ3) is 2.30. The summed E-state index contributed by atoms with van der Waals surface area (Å²) in [6.45, 7) is 0.389. The quantitative estimate of drug-likeness (QED) is 0.842. The summed E-state index contributed by atoms with van der Waals surface area (Å²) in [5.41, 5.74) is 6.66. The van der Waals surface area contributed by atoms with E-state index in [1.54, 1.807) is 13.1 Å². The van der Waals surface area contributed by atoms with Gasteiger partial charge in [0.05, 0.1) is 5.56 Å². The van der Waals surface area contributed by atoms with E-state index in [0.29, 0.717) is 17.3 Å². The highest BCUT2D eigenvalue weighted by Crippen LogP contribution is 2.28. The summed E-state index contributed by atoms with van der Waals surface area (Å²) in [7, 11) is 1.62. The predicted molar refractivity (Wildman–Crippen MR) is 67.0 cm³/mol. The summed E-state index contributed by atoms with van der Waals surface area (Å²) < 4.78 is 1.39. The first-order valence-corrected chi connectivity index (χ1v) is 5.99. The minimum Gasteiger partial charge on any atom is -0.326 e. The van der Waals surface area contributed by atoms with Crippen LogP contribution in [0.1, 0.15) is 11.1 Å². The highest BCUT2D eigenvalue weighted by atomic mass is 32.2. The van der Waals surface area contributed by atoms with Gasteiger partial charge in [0.1, 0.15) is 6.07 Å². The predicted octanol–water partition coefficient (Wildman–Crippen LogP) is 0.590. The molecule has 92 valence electrons. The summed E-state index contributed by atoms with van der Waals surface area (Å²) in [4.78, 5) is 12.0. The molecule has 0 fully saturated rings. The van der Waals surface area contributed by atoms with Gasteiger partial charge in [-0.2, -0.15) is 5.26 Å². The molecule has 0 saturated heterocycles. The second-order valence-corrected chi connectivity index (χ2v) is 4.63. The summed E-state index contributed by atoms with van der Waals surface area (Å²) in [5, 5.41) is 15.8. The molecule has 6 nitrogen and oxygen atoms in total. The van der Waals surface area contributed by atoms with Crippen molar-refractivity contribution in [3.63, 3.8) is 0 Å². The van der Waals surface area contributed by atoms with E-state index >= 15 is 0 Å². The Labute approximate surface area is 107 Å². The summed E-state index contributed by atoms with van der Waals surface area (Å²) in [5.74, 6) is 0. The van der Waals surface area contributed by atoms with E-state index in [0.717, 1.165) is 10.5 Å². The number of aromatic nitrogens is 3.